The van der Waals surface area contributed by atoms with Crippen LogP contribution in [0, 0.1) is 11.7 Å². The summed E-state index contributed by atoms with van der Waals surface area (Å²) in [4.78, 5) is 25.3. The summed E-state index contributed by atoms with van der Waals surface area (Å²) in [6, 6.07) is 6.21. The normalized spacial score (nSPS) is 18.4. The molecule has 1 atom stereocenters. The Labute approximate surface area is 124 Å². The summed E-state index contributed by atoms with van der Waals surface area (Å²) in [5.74, 6) is -0.291. The molecule has 2 amide bonds. The molecule has 114 valence electrons. The molecule has 0 aliphatic carbocycles. The van der Waals surface area contributed by atoms with Gasteiger partial charge in [-0.05, 0) is 24.1 Å². The topological polar surface area (TPSA) is 49.4 Å². The van der Waals surface area contributed by atoms with Crippen LogP contribution in [0.4, 0.5) is 4.39 Å². The highest BCUT2D eigenvalue weighted by atomic mass is 19.1. The zero-order valence-electron chi connectivity index (χ0n) is 12.4. The van der Waals surface area contributed by atoms with Gasteiger partial charge in [0.15, 0.2) is 0 Å². The zero-order chi connectivity index (χ0) is 15.4. The molecule has 1 N–H and O–H groups in total. The Kier molecular flexibility index (Phi) is 4.94. The maximum absolute atomic E-state index is 12.8. The molecular formula is C16H21FN2O2. The van der Waals surface area contributed by atoms with Gasteiger partial charge in [0, 0.05) is 25.4 Å². The molecule has 21 heavy (non-hydrogen) atoms. The fourth-order valence-corrected chi connectivity index (χ4v) is 2.37. The number of hydrogen-bond acceptors (Lipinski definition) is 2. The number of hydrogen-bond donors (Lipinski definition) is 1. The van der Waals surface area contributed by atoms with E-state index in [9.17, 15) is 14.0 Å². The average Bonchev–Trinajstić information content (AvgIpc) is 2.78. The number of likely N-dealkylation sites (tertiary alicyclic amines) is 1. The zero-order valence-corrected chi connectivity index (χ0v) is 12.4. The molecule has 1 aliphatic heterocycles. The number of carbonyl (C=O) groups is 2. The van der Waals surface area contributed by atoms with Gasteiger partial charge in [-0.25, -0.2) is 4.39 Å². The van der Waals surface area contributed by atoms with E-state index in [-0.39, 0.29) is 29.6 Å². The Morgan fingerprint density at radius 3 is 2.67 bits per heavy atom. The second-order valence-electron chi connectivity index (χ2n) is 5.78. The number of benzene rings is 1. The van der Waals surface area contributed by atoms with Crippen LogP contribution in [0.1, 0.15) is 25.8 Å². The first-order valence-electron chi connectivity index (χ1n) is 7.28. The summed E-state index contributed by atoms with van der Waals surface area (Å²) in [5, 5.41) is 2.89. The second kappa shape index (κ2) is 6.70. The molecule has 0 aromatic heterocycles. The lowest BCUT2D eigenvalue weighted by atomic mass is 10.1. The molecule has 1 aromatic carbocycles. The van der Waals surface area contributed by atoms with Crippen molar-refractivity contribution in [3.63, 3.8) is 0 Å². The van der Waals surface area contributed by atoms with Gasteiger partial charge in [0.2, 0.25) is 11.8 Å². The number of rotatable bonds is 5. The third kappa shape index (κ3) is 4.28. The highest BCUT2D eigenvalue weighted by Gasteiger charge is 2.30. The molecule has 0 bridgehead atoms. The van der Waals surface area contributed by atoms with Crippen molar-refractivity contribution in [1.29, 1.82) is 0 Å². The molecular weight excluding hydrogens is 271 g/mol. The van der Waals surface area contributed by atoms with Crippen molar-refractivity contribution in [3.8, 4) is 0 Å². The van der Waals surface area contributed by atoms with Gasteiger partial charge in [0.25, 0.3) is 0 Å². The summed E-state index contributed by atoms with van der Waals surface area (Å²) >= 11 is 0. The van der Waals surface area contributed by atoms with Crippen molar-refractivity contribution in [2.24, 2.45) is 5.92 Å². The molecule has 4 nitrogen and oxygen atoms in total. The van der Waals surface area contributed by atoms with E-state index < -0.39 is 0 Å². The fraction of sp³-hybridized carbons (Fsp3) is 0.500. The van der Waals surface area contributed by atoms with Gasteiger partial charge in [-0.3, -0.25) is 9.59 Å². The minimum absolute atomic E-state index is 0.0202. The van der Waals surface area contributed by atoms with E-state index in [2.05, 4.69) is 5.32 Å². The van der Waals surface area contributed by atoms with E-state index in [1.54, 1.807) is 17.0 Å². The lowest BCUT2D eigenvalue weighted by Crippen LogP contribution is -2.39. The second-order valence-corrected chi connectivity index (χ2v) is 5.78. The number of amides is 2. The molecule has 5 heteroatoms. The van der Waals surface area contributed by atoms with E-state index in [1.807, 2.05) is 13.8 Å². The van der Waals surface area contributed by atoms with Gasteiger partial charge in [-0.1, -0.05) is 26.0 Å². The molecule has 2 rings (SSSR count). The van der Waals surface area contributed by atoms with Crippen LogP contribution in [0.15, 0.2) is 24.3 Å². The van der Waals surface area contributed by atoms with Crippen LogP contribution in [0.3, 0.4) is 0 Å². The molecule has 1 heterocycles. The van der Waals surface area contributed by atoms with E-state index in [0.717, 1.165) is 5.56 Å². The highest BCUT2D eigenvalue weighted by Crippen LogP contribution is 2.13. The molecule has 1 unspecified atom stereocenters. The Hall–Kier alpha value is -1.91. The smallest absolute Gasteiger partial charge is 0.224 e. The molecule has 0 saturated carbocycles. The van der Waals surface area contributed by atoms with Crippen LogP contribution in [0.2, 0.25) is 0 Å². The predicted octanol–water partition coefficient (Wildman–Crippen LogP) is 1.74. The van der Waals surface area contributed by atoms with E-state index >= 15 is 0 Å². The first-order valence-corrected chi connectivity index (χ1v) is 7.28. The summed E-state index contributed by atoms with van der Waals surface area (Å²) in [5.41, 5.74) is 0.999. The van der Waals surface area contributed by atoms with Crippen molar-refractivity contribution in [1.82, 2.24) is 10.2 Å². The monoisotopic (exact) mass is 292 g/mol. The average molecular weight is 292 g/mol. The van der Waals surface area contributed by atoms with E-state index in [0.29, 0.717) is 25.9 Å². The van der Waals surface area contributed by atoms with Gasteiger partial charge in [-0.2, -0.15) is 0 Å². The maximum Gasteiger partial charge on any atom is 0.224 e. The minimum Gasteiger partial charge on any atom is -0.351 e. The van der Waals surface area contributed by atoms with Crippen LogP contribution in [0.25, 0.3) is 0 Å². The predicted molar refractivity (Wildman–Crippen MR) is 78.1 cm³/mol. The highest BCUT2D eigenvalue weighted by molar-refractivity contribution is 5.82. The molecule has 1 fully saturated rings. The number of nitrogens with one attached hydrogen (secondary N) is 1. The Bertz CT molecular complexity index is 514. The number of nitrogens with zero attached hydrogens (tertiary/aromatic N) is 1. The number of carbonyl (C=O) groups excluding carboxylic acids is 2. The van der Waals surface area contributed by atoms with Crippen molar-refractivity contribution >= 4 is 11.8 Å². The largest absolute Gasteiger partial charge is 0.351 e. The van der Waals surface area contributed by atoms with Crippen LogP contribution >= 0.6 is 0 Å². The van der Waals surface area contributed by atoms with Gasteiger partial charge in [-0.15, -0.1) is 0 Å². The summed E-state index contributed by atoms with van der Waals surface area (Å²) in [7, 11) is 0. The van der Waals surface area contributed by atoms with Crippen LogP contribution in [0.5, 0.6) is 0 Å². The minimum atomic E-state index is -0.257. The van der Waals surface area contributed by atoms with Crippen LogP contribution in [-0.2, 0) is 16.0 Å². The van der Waals surface area contributed by atoms with Gasteiger partial charge in [0.05, 0.1) is 6.04 Å². The SMILES string of the molecule is CC(C)C(=O)NC1CC(=O)N(CCc2ccc(F)cc2)C1. The van der Waals surface area contributed by atoms with Gasteiger partial charge in [0.1, 0.15) is 5.82 Å². The van der Waals surface area contributed by atoms with E-state index in [1.165, 1.54) is 12.1 Å². The van der Waals surface area contributed by atoms with E-state index in [4.69, 9.17) is 0 Å². The van der Waals surface area contributed by atoms with Gasteiger partial charge < -0.3 is 10.2 Å². The first-order chi connectivity index (χ1) is 9.95. The van der Waals surface area contributed by atoms with Crippen molar-refractivity contribution < 1.29 is 14.0 Å². The fourth-order valence-electron chi connectivity index (χ4n) is 2.37. The summed E-state index contributed by atoms with van der Waals surface area (Å²) < 4.78 is 12.8. The Morgan fingerprint density at radius 2 is 2.05 bits per heavy atom. The third-order valence-electron chi connectivity index (χ3n) is 3.67. The summed E-state index contributed by atoms with van der Waals surface area (Å²) in [6.07, 6.45) is 1.05. The Balaban J connectivity index is 1.83. The van der Waals surface area contributed by atoms with Gasteiger partial charge >= 0.3 is 0 Å². The van der Waals surface area contributed by atoms with Crippen LogP contribution < -0.4 is 5.32 Å². The quantitative estimate of drug-likeness (QED) is 0.898. The third-order valence-corrected chi connectivity index (χ3v) is 3.67. The van der Waals surface area contributed by atoms with Crippen LogP contribution in [-0.4, -0.2) is 35.8 Å². The van der Waals surface area contributed by atoms with Crippen molar-refractivity contribution in [3.05, 3.63) is 35.6 Å². The Morgan fingerprint density at radius 1 is 1.38 bits per heavy atom. The molecule has 1 aliphatic rings. The number of halogens is 1. The molecule has 1 saturated heterocycles. The molecule has 0 radical (unpaired) electrons. The maximum atomic E-state index is 12.8. The van der Waals surface area contributed by atoms with Crippen molar-refractivity contribution in [2.75, 3.05) is 13.1 Å². The molecule has 0 spiro atoms. The van der Waals surface area contributed by atoms with Crippen molar-refractivity contribution in [2.45, 2.75) is 32.7 Å². The molecule has 1 aromatic rings. The lowest BCUT2D eigenvalue weighted by Gasteiger charge is -2.17. The standard InChI is InChI=1S/C16H21FN2O2/c1-11(2)16(21)18-14-9-15(20)19(10-14)8-7-12-3-5-13(17)6-4-12/h3-6,11,14H,7-10H2,1-2H3,(H,18,21). The first kappa shape index (κ1) is 15.5. The summed E-state index contributed by atoms with van der Waals surface area (Å²) in [6.45, 7) is 4.81. The lowest BCUT2D eigenvalue weighted by molar-refractivity contribution is -0.127.